The van der Waals surface area contributed by atoms with Crippen LogP contribution in [0.4, 0.5) is 34.9 Å². The van der Waals surface area contributed by atoms with Gasteiger partial charge in [-0.05, 0) is 55.8 Å². The second kappa shape index (κ2) is 11.0. The van der Waals surface area contributed by atoms with Crippen molar-refractivity contribution in [3.05, 3.63) is 102 Å². The van der Waals surface area contributed by atoms with Gasteiger partial charge in [0.25, 0.3) is 5.95 Å². The van der Waals surface area contributed by atoms with E-state index in [-0.39, 0.29) is 23.9 Å². The molecule has 5 aromatic rings. The normalized spacial score (nSPS) is 11.8. The van der Waals surface area contributed by atoms with E-state index in [1.54, 1.807) is 43.6 Å². The van der Waals surface area contributed by atoms with E-state index in [1.807, 2.05) is 6.92 Å². The number of anilines is 2. The van der Waals surface area contributed by atoms with Crippen molar-refractivity contribution in [2.24, 2.45) is 10.2 Å². The highest BCUT2D eigenvalue weighted by atomic mass is 19.4. The number of rotatable bonds is 7. The van der Waals surface area contributed by atoms with Crippen LogP contribution < -0.4 is 5.32 Å². The first-order valence-corrected chi connectivity index (χ1v) is 11.9. The van der Waals surface area contributed by atoms with Crippen LogP contribution >= 0.6 is 0 Å². The standard InChI is InChI=1S/C27H21F4N9/c1-16-5-18(10-32-9-16)25-24(28)13-34-26(38-25)39-36-12-20-3-4-21(11-33-20)37-22-6-19(27(29,30)31)7-23(8-22)40-14-17(2)35-15-40/h3-11,13-15,37H,12H2,1-2H3. The second-order valence-electron chi connectivity index (χ2n) is 8.87. The number of pyridine rings is 2. The van der Waals surface area contributed by atoms with Crippen molar-refractivity contribution in [1.29, 1.82) is 0 Å². The van der Waals surface area contributed by atoms with Gasteiger partial charge in [0, 0.05) is 35.5 Å². The summed E-state index contributed by atoms with van der Waals surface area (Å²) in [6.45, 7) is 3.67. The van der Waals surface area contributed by atoms with Crippen molar-refractivity contribution in [3.63, 3.8) is 0 Å². The lowest BCUT2D eigenvalue weighted by atomic mass is 10.1. The van der Waals surface area contributed by atoms with Crippen LogP contribution in [-0.2, 0) is 12.7 Å². The molecule has 0 amide bonds. The maximum absolute atomic E-state index is 14.3. The fraction of sp³-hybridized carbons (Fsp3) is 0.148. The highest BCUT2D eigenvalue weighted by Crippen LogP contribution is 2.34. The number of imidazole rings is 1. The minimum absolute atomic E-state index is 0.0235. The van der Waals surface area contributed by atoms with Gasteiger partial charge >= 0.3 is 6.18 Å². The molecule has 0 aliphatic carbocycles. The molecule has 4 aromatic heterocycles. The molecular formula is C27H21F4N9. The van der Waals surface area contributed by atoms with Gasteiger partial charge in [-0.3, -0.25) is 9.97 Å². The number of azo groups is 1. The molecule has 0 fully saturated rings. The molecule has 40 heavy (non-hydrogen) atoms. The third-order valence-electron chi connectivity index (χ3n) is 5.64. The number of nitrogens with one attached hydrogen (secondary N) is 1. The molecule has 0 unspecified atom stereocenters. The molecule has 0 atom stereocenters. The van der Waals surface area contributed by atoms with Crippen LogP contribution in [0.1, 0.15) is 22.5 Å². The Balaban J connectivity index is 1.29. The van der Waals surface area contributed by atoms with E-state index >= 15 is 0 Å². The summed E-state index contributed by atoms with van der Waals surface area (Å²) in [5, 5.41) is 11.0. The largest absolute Gasteiger partial charge is 0.416 e. The van der Waals surface area contributed by atoms with Crippen molar-refractivity contribution in [1.82, 2.24) is 29.5 Å². The van der Waals surface area contributed by atoms with Gasteiger partial charge in [-0.15, -0.1) is 5.11 Å². The minimum atomic E-state index is -4.53. The van der Waals surface area contributed by atoms with Crippen LogP contribution in [-0.4, -0.2) is 29.5 Å². The lowest BCUT2D eigenvalue weighted by Crippen LogP contribution is -2.07. The van der Waals surface area contributed by atoms with Gasteiger partial charge in [0.05, 0.1) is 41.4 Å². The number of hydrogen-bond acceptors (Lipinski definition) is 8. The summed E-state index contributed by atoms with van der Waals surface area (Å²) in [4.78, 5) is 20.4. The molecular weight excluding hydrogens is 526 g/mol. The topological polar surface area (TPSA) is 106 Å². The average molecular weight is 548 g/mol. The van der Waals surface area contributed by atoms with Crippen LogP contribution in [0.25, 0.3) is 16.9 Å². The molecule has 13 heteroatoms. The Morgan fingerprint density at radius 3 is 2.48 bits per heavy atom. The molecule has 5 rings (SSSR count). The fourth-order valence-corrected chi connectivity index (χ4v) is 3.78. The molecule has 0 spiro atoms. The fourth-order valence-electron chi connectivity index (χ4n) is 3.78. The number of aromatic nitrogens is 6. The number of benzene rings is 1. The Bertz CT molecular complexity index is 1680. The predicted octanol–water partition coefficient (Wildman–Crippen LogP) is 6.92. The zero-order valence-electron chi connectivity index (χ0n) is 21.2. The van der Waals surface area contributed by atoms with Crippen molar-refractivity contribution in [2.75, 3.05) is 5.32 Å². The summed E-state index contributed by atoms with van der Waals surface area (Å²) in [5.41, 5.74) is 2.86. The zero-order chi connectivity index (χ0) is 28.3. The van der Waals surface area contributed by atoms with E-state index < -0.39 is 17.6 Å². The molecule has 0 saturated carbocycles. The maximum Gasteiger partial charge on any atom is 0.416 e. The van der Waals surface area contributed by atoms with Gasteiger partial charge in [0.1, 0.15) is 12.2 Å². The van der Waals surface area contributed by atoms with Crippen LogP contribution in [0.5, 0.6) is 0 Å². The Hall–Kier alpha value is -5.07. The maximum atomic E-state index is 14.3. The second-order valence-corrected chi connectivity index (χ2v) is 8.87. The number of aryl methyl sites for hydroxylation is 2. The molecule has 1 N–H and O–H groups in total. The van der Waals surface area contributed by atoms with Gasteiger partial charge in [-0.1, -0.05) is 0 Å². The monoisotopic (exact) mass is 547 g/mol. The van der Waals surface area contributed by atoms with Crippen LogP contribution in [0.15, 0.2) is 83.9 Å². The first-order valence-electron chi connectivity index (χ1n) is 11.9. The van der Waals surface area contributed by atoms with Crippen LogP contribution in [0.3, 0.4) is 0 Å². The number of nitrogens with zero attached hydrogens (tertiary/aromatic N) is 8. The Morgan fingerprint density at radius 1 is 0.925 bits per heavy atom. The van der Waals surface area contributed by atoms with E-state index in [1.165, 1.54) is 23.3 Å². The molecule has 9 nitrogen and oxygen atoms in total. The highest BCUT2D eigenvalue weighted by molar-refractivity contribution is 5.63. The van der Waals surface area contributed by atoms with Gasteiger partial charge < -0.3 is 9.88 Å². The summed E-state index contributed by atoms with van der Waals surface area (Å²) >= 11 is 0. The SMILES string of the molecule is Cc1cncc(-c2nc(N=NCc3ccc(Nc4cc(-n5cnc(C)c5)cc(C(F)(F)F)c4)cn3)ncc2F)c1. The Kier molecular flexibility index (Phi) is 7.27. The van der Waals surface area contributed by atoms with Gasteiger partial charge in [-0.25, -0.2) is 19.3 Å². The summed E-state index contributed by atoms with van der Waals surface area (Å²) in [7, 11) is 0. The summed E-state index contributed by atoms with van der Waals surface area (Å²) in [6.07, 6.45) is 4.21. The van der Waals surface area contributed by atoms with Crippen molar-refractivity contribution in [3.8, 4) is 16.9 Å². The van der Waals surface area contributed by atoms with E-state index in [2.05, 4.69) is 40.5 Å². The summed E-state index contributed by atoms with van der Waals surface area (Å²) in [5.74, 6) is -0.631. The van der Waals surface area contributed by atoms with Crippen molar-refractivity contribution >= 4 is 17.3 Å². The van der Waals surface area contributed by atoms with Gasteiger partial charge in [0.2, 0.25) is 0 Å². The predicted molar refractivity (Wildman–Crippen MR) is 139 cm³/mol. The Morgan fingerprint density at radius 2 is 1.77 bits per heavy atom. The molecule has 0 saturated heterocycles. The molecule has 0 aliphatic heterocycles. The minimum Gasteiger partial charge on any atom is -0.354 e. The average Bonchev–Trinajstić information content (AvgIpc) is 3.36. The molecule has 0 radical (unpaired) electrons. The Labute approximate surface area is 225 Å². The smallest absolute Gasteiger partial charge is 0.354 e. The third-order valence-corrected chi connectivity index (χ3v) is 5.64. The summed E-state index contributed by atoms with van der Waals surface area (Å²) < 4.78 is 56.4. The van der Waals surface area contributed by atoms with Gasteiger partial charge in [0.15, 0.2) is 5.82 Å². The lowest BCUT2D eigenvalue weighted by molar-refractivity contribution is -0.137. The number of hydrogen-bond donors (Lipinski definition) is 1. The quantitative estimate of drug-likeness (QED) is 0.175. The third kappa shape index (κ3) is 6.31. The van der Waals surface area contributed by atoms with Crippen molar-refractivity contribution in [2.45, 2.75) is 26.6 Å². The number of halogens is 4. The van der Waals surface area contributed by atoms with E-state index in [4.69, 9.17) is 0 Å². The molecule has 202 valence electrons. The molecule has 0 bridgehead atoms. The first-order chi connectivity index (χ1) is 19.1. The highest BCUT2D eigenvalue weighted by Gasteiger charge is 2.31. The van der Waals surface area contributed by atoms with E-state index in [0.29, 0.717) is 28.3 Å². The molecule has 4 heterocycles. The molecule has 0 aliphatic rings. The lowest BCUT2D eigenvalue weighted by Gasteiger charge is -2.14. The first kappa shape index (κ1) is 26.5. The van der Waals surface area contributed by atoms with Crippen molar-refractivity contribution < 1.29 is 17.6 Å². The van der Waals surface area contributed by atoms with Crippen LogP contribution in [0, 0.1) is 19.7 Å². The zero-order valence-corrected chi connectivity index (χ0v) is 21.2. The molecule has 1 aromatic carbocycles. The number of alkyl halides is 3. The van der Waals surface area contributed by atoms with Gasteiger partial charge in [-0.2, -0.15) is 18.3 Å². The van der Waals surface area contributed by atoms with E-state index in [0.717, 1.165) is 23.9 Å². The van der Waals surface area contributed by atoms with E-state index in [9.17, 15) is 17.6 Å². The van der Waals surface area contributed by atoms with Crippen LogP contribution in [0.2, 0.25) is 0 Å². The summed E-state index contributed by atoms with van der Waals surface area (Å²) in [6, 6.07) is 8.74.